The molecule has 9 nitrogen and oxygen atoms in total. The van der Waals surface area contributed by atoms with Gasteiger partial charge in [-0.2, -0.15) is 10.1 Å². The van der Waals surface area contributed by atoms with Crippen LogP contribution >= 0.6 is 0 Å². The second kappa shape index (κ2) is 6.29. The summed E-state index contributed by atoms with van der Waals surface area (Å²) in [6.45, 7) is 3.24. The number of fused-ring (bicyclic) bond motifs is 2. The lowest BCUT2D eigenvalue weighted by Gasteiger charge is -2.37. The standard InChI is InChI=1S/C19H20N8O/c1-24-11-15-17(23-24)22-19(25(2)18(15)28)27-7-5-26(6-8-27)14-3-4-16-13(9-14)10-20-12-21-16/h3-4,9-12H,5-8H2,1-2H3. The first-order valence-corrected chi connectivity index (χ1v) is 9.20. The average Bonchev–Trinajstić information content (AvgIpc) is 3.11. The number of benzene rings is 1. The highest BCUT2D eigenvalue weighted by Gasteiger charge is 2.22. The summed E-state index contributed by atoms with van der Waals surface area (Å²) in [4.78, 5) is 30.1. The van der Waals surface area contributed by atoms with E-state index >= 15 is 0 Å². The molecule has 0 radical (unpaired) electrons. The van der Waals surface area contributed by atoms with Crippen LogP contribution in [-0.4, -0.2) is 55.5 Å². The van der Waals surface area contributed by atoms with E-state index in [2.05, 4.69) is 42.0 Å². The van der Waals surface area contributed by atoms with Gasteiger partial charge in [-0.25, -0.2) is 9.97 Å². The van der Waals surface area contributed by atoms with Crippen molar-refractivity contribution < 1.29 is 0 Å². The topological polar surface area (TPSA) is 85.0 Å². The molecule has 0 unspecified atom stereocenters. The fourth-order valence-corrected chi connectivity index (χ4v) is 3.77. The maximum absolute atomic E-state index is 12.6. The van der Waals surface area contributed by atoms with Crippen LogP contribution < -0.4 is 15.4 Å². The monoisotopic (exact) mass is 376 g/mol. The highest BCUT2D eigenvalue weighted by molar-refractivity contribution is 5.81. The third kappa shape index (κ3) is 2.67. The van der Waals surface area contributed by atoms with E-state index < -0.39 is 0 Å². The van der Waals surface area contributed by atoms with Gasteiger partial charge in [-0.15, -0.1) is 0 Å². The van der Waals surface area contributed by atoms with Gasteiger partial charge in [0.05, 0.1) is 5.52 Å². The van der Waals surface area contributed by atoms with E-state index in [9.17, 15) is 4.79 Å². The van der Waals surface area contributed by atoms with E-state index in [-0.39, 0.29) is 5.56 Å². The normalized spacial score (nSPS) is 14.9. The molecule has 28 heavy (non-hydrogen) atoms. The SMILES string of the molecule is Cn1cc2c(=O)n(C)c(N3CCN(c4ccc5ncncc5c4)CC3)nc2n1. The summed E-state index contributed by atoms with van der Waals surface area (Å²) in [6, 6.07) is 6.25. The molecule has 4 heterocycles. The minimum absolute atomic E-state index is 0.0648. The molecule has 1 aliphatic rings. The van der Waals surface area contributed by atoms with E-state index in [1.165, 1.54) is 0 Å². The molecule has 9 heteroatoms. The summed E-state index contributed by atoms with van der Waals surface area (Å²) in [6.07, 6.45) is 5.12. The molecule has 0 saturated carbocycles. The third-order valence-electron chi connectivity index (χ3n) is 5.27. The Balaban J connectivity index is 1.40. The summed E-state index contributed by atoms with van der Waals surface area (Å²) in [7, 11) is 3.57. The van der Waals surface area contributed by atoms with Crippen LogP contribution in [0.25, 0.3) is 21.9 Å². The summed E-state index contributed by atoms with van der Waals surface area (Å²) in [5, 5.41) is 5.89. The van der Waals surface area contributed by atoms with E-state index in [1.807, 2.05) is 12.3 Å². The van der Waals surface area contributed by atoms with Crippen molar-refractivity contribution in [1.29, 1.82) is 0 Å². The number of anilines is 2. The maximum Gasteiger partial charge on any atom is 0.265 e. The molecule has 4 aromatic rings. The van der Waals surface area contributed by atoms with Crippen molar-refractivity contribution in [1.82, 2.24) is 29.3 Å². The second-order valence-corrected chi connectivity index (χ2v) is 7.06. The zero-order valence-corrected chi connectivity index (χ0v) is 15.8. The van der Waals surface area contributed by atoms with E-state index in [1.54, 1.807) is 35.9 Å². The molecule has 0 spiro atoms. The number of piperazine rings is 1. The lowest BCUT2D eigenvalue weighted by Crippen LogP contribution is -2.48. The van der Waals surface area contributed by atoms with Crippen molar-refractivity contribution in [2.24, 2.45) is 14.1 Å². The summed E-state index contributed by atoms with van der Waals surface area (Å²) < 4.78 is 3.25. The molecule has 0 amide bonds. The van der Waals surface area contributed by atoms with Gasteiger partial charge in [0.25, 0.3) is 5.56 Å². The second-order valence-electron chi connectivity index (χ2n) is 7.06. The van der Waals surface area contributed by atoms with Crippen LogP contribution in [-0.2, 0) is 14.1 Å². The Bertz CT molecular complexity index is 1240. The largest absolute Gasteiger partial charge is 0.368 e. The van der Waals surface area contributed by atoms with Gasteiger partial charge in [-0.1, -0.05) is 0 Å². The number of hydrogen-bond acceptors (Lipinski definition) is 7. The van der Waals surface area contributed by atoms with Gasteiger partial charge in [0.1, 0.15) is 11.7 Å². The van der Waals surface area contributed by atoms with E-state index in [0.717, 1.165) is 42.8 Å². The van der Waals surface area contributed by atoms with Crippen LogP contribution in [0.4, 0.5) is 11.6 Å². The maximum atomic E-state index is 12.6. The molecular weight excluding hydrogens is 356 g/mol. The number of rotatable bonds is 2. The highest BCUT2D eigenvalue weighted by atomic mass is 16.1. The number of aryl methyl sites for hydroxylation is 1. The van der Waals surface area contributed by atoms with Crippen molar-refractivity contribution in [2.45, 2.75) is 0 Å². The van der Waals surface area contributed by atoms with Crippen molar-refractivity contribution in [3.05, 3.63) is 47.3 Å². The quantitative estimate of drug-likeness (QED) is 0.515. The lowest BCUT2D eigenvalue weighted by molar-refractivity contribution is 0.623. The van der Waals surface area contributed by atoms with Gasteiger partial charge in [0.2, 0.25) is 5.95 Å². The van der Waals surface area contributed by atoms with Crippen molar-refractivity contribution in [3.63, 3.8) is 0 Å². The summed E-state index contributed by atoms with van der Waals surface area (Å²) in [5.74, 6) is 0.669. The molecule has 0 N–H and O–H groups in total. The third-order valence-corrected chi connectivity index (χ3v) is 5.27. The average molecular weight is 376 g/mol. The fraction of sp³-hybridized carbons (Fsp3) is 0.316. The highest BCUT2D eigenvalue weighted by Crippen LogP contribution is 2.23. The Morgan fingerprint density at radius 1 is 1.04 bits per heavy atom. The first kappa shape index (κ1) is 16.7. The Kier molecular flexibility index (Phi) is 3.75. The van der Waals surface area contributed by atoms with Crippen LogP contribution in [0.5, 0.6) is 0 Å². The van der Waals surface area contributed by atoms with Gasteiger partial charge >= 0.3 is 0 Å². The van der Waals surface area contributed by atoms with E-state index in [0.29, 0.717) is 17.0 Å². The zero-order valence-electron chi connectivity index (χ0n) is 15.8. The molecule has 1 aliphatic heterocycles. The first-order chi connectivity index (χ1) is 13.6. The van der Waals surface area contributed by atoms with Gasteiger partial charge in [-0.05, 0) is 18.2 Å². The van der Waals surface area contributed by atoms with Crippen LogP contribution in [0.3, 0.4) is 0 Å². The van der Waals surface area contributed by atoms with Crippen molar-refractivity contribution in [2.75, 3.05) is 36.0 Å². The summed E-state index contributed by atoms with van der Waals surface area (Å²) in [5.41, 5.74) is 2.53. The van der Waals surface area contributed by atoms with Gasteiger partial charge < -0.3 is 9.80 Å². The lowest BCUT2D eigenvalue weighted by atomic mass is 10.2. The fourth-order valence-electron chi connectivity index (χ4n) is 3.77. The predicted octanol–water partition coefficient (Wildman–Crippen LogP) is 0.937. The van der Waals surface area contributed by atoms with E-state index in [4.69, 9.17) is 0 Å². The smallest absolute Gasteiger partial charge is 0.265 e. The van der Waals surface area contributed by atoms with Crippen LogP contribution in [0, 0.1) is 0 Å². The number of nitrogens with zero attached hydrogens (tertiary/aromatic N) is 8. The Morgan fingerprint density at radius 3 is 2.64 bits per heavy atom. The molecule has 5 rings (SSSR count). The summed E-state index contributed by atoms with van der Waals surface area (Å²) >= 11 is 0. The molecule has 3 aromatic heterocycles. The van der Waals surface area contributed by atoms with Gasteiger partial charge in [-0.3, -0.25) is 14.0 Å². The molecule has 0 atom stereocenters. The molecule has 0 bridgehead atoms. The number of aromatic nitrogens is 6. The predicted molar refractivity (Wildman–Crippen MR) is 108 cm³/mol. The Morgan fingerprint density at radius 2 is 1.82 bits per heavy atom. The first-order valence-electron chi connectivity index (χ1n) is 9.20. The van der Waals surface area contributed by atoms with Crippen LogP contribution in [0.1, 0.15) is 0 Å². The molecule has 1 fully saturated rings. The van der Waals surface area contributed by atoms with Gasteiger partial charge in [0.15, 0.2) is 5.65 Å². The van der Waals surface area contributed by atoms with Crippen molar-refractivity contribution >= 4 is 33.6 Å². The molecule has 1 aromatic carbocycles. The van der Waals surface area contributed by atoms with Crippen LogP contribution in [0.2, 0.25) is 0 Å². The van der Waals surface area contributed by atoms with Crippen LogP contribution in [0.15, 0.2) is 41.7 Å². The minimum Gasteiger partial charge on any atom is -0.368 e. The Hall–Kier alpha value is -3.49. The molecule has 1 saturated heterocycles. The molecule has 142 valence electrons. The van der Waals surface area contributed by atoms with Gasteiger partial charge in [0, 0.05) is 63.7 Å². The molecular formula is C19H20N8O. The number of hydrogen-bond donors (Lipinski definition) is 0. The Labute approximate surface area is 160 Å². The minimum atomic E-state index is -0.0648. The molecule has 0 aliphatic carbocycles. The zero-order chi connectivity index (χ0) is 19.3. The van der Waals surface area contributed by atoms with Crippen molar-refractivity contribution in [3.8, 4) is 0 Å².